The number of piperidine rings is 1. The first-order chi connectivity index (χ1) is 18.4. The van der Waals surface area contributed by atoms with Gasteiger partial charge in [-0.3, -0.25) is 15.0 Å². The van der Waals surface area contributed by atoms with E-state index >= 15 is 0 Å². The number of hydrogen-bond acceptors (Lipinski definition) is 10. The van der Waals surface area contributed by atoms with Gasteiger partial charge in [-0.25, -0.2) is 0 Å². The summed E-state index contributed by atoms with van der Waals surface area (Å²) in [4.78, 5) is 31.4. The predicted molar refractivity (Wildman–Crippen MR) is 143 cm³/mol. The van der Waals surface area contributed by atoms with Crippen LogP contribution in [0.2, 0.25) is 0 Å². The molecule has 1 aliphatic rings. The van der Waals surface area contributed by atoms with Gasteiger partial charge in [0.25, 0.3) is 5.91 Å². The van der Waals surface area contributed by atoms with Crippen LogP contribution in [0.25, 0.3) is 0 Å². The van der Waals surface area contributed by atoms with Gasteiger partial charge in [-0.05, 0) is 74.2 Å². The van der Waals surface area contributed by atoms with Gasteiger partial charge >= 0.3 is 0 Å². The molecule has 0 unspecified atom stereocenters. The highest BCUT2D eigenvalue weighted by Crippen LogP contribution is 2.26. The van der Waals surface area contributed by atoms with Gasteiger partial charge in [-0.1, -0.05) is 0 Å². The van der Waals surface area contributed by atoms with Gasteiger partial charge in [0.05, 0.1) is 13.7 Å². The number of rotatable bonds is 10. The lowest BCUT2D eigenvalue weighted by atomic mass is 9.91. The summed E-state index contributed by atoms with van der Waals surface area (Å²) in [6, 6.07) is 14.1. The smallest absolute Gasteiger partial charge is 0.273 e. The van der Waals surface area contributed by atoms with Crippen LogP contribution >= 0.6 is 0 Å². The maximum absolute atomic E-state index is 12.9. The fourth-order valence-electron chi connectivity index (χ4n) is 4.36. The molecule has 38 heavy (non-hydrogen) atoms. The first kappa shape index (κ1) is 26.5. The topological polar surface area (TPSA) is 156 Å². The summed E-state index contributed by atoms with van der Waals surface area (Å²) in [7, 11) is 1.43. The molecule has 1 aromatic heterocycles. The third-order valence-electron chi connectivity index (χ3n) is 6.29. The van der Waals surface area contributed by atoms with E-state index in [0.29, 0.717) is 48.9 Å². The van der Waals surface area contributed by atoms with Crippen molar-refractivity contribution in [2.24, 2.45) is 11.7 Å². The second kappa shape index (κ2) is 12.1. The van der Waals surface area contributed by atoms with E-state index in [1.165, 1.54) is 7.11 Å². The Labute approximate surface area is 220 Å². The number of anilines is 3. The number of methoxy groups -OCH3 is 1. The van der Waals surface area contributed by atoms with E-state index in [4.69, 9.17) is 20.6 Å². The van der Waals surface area contributed by atoms with E-state index < -0.39 is 5.91 Å². The summed E-state index contributed by atoms with van der Waals surface area (Å²) in [5, 5.41) is 19.0. The van der Waals surface area contributed by atoms with E-state index in [1.54, 1.807) is 36.4 Å². The van der Waals surface area contributed by atoms with Crippen molar-refractivity contribution >= 4 is 35.0 Å². The van der Waals surface area contributed by atoms with Gasteiger partial charge in [0.2, 0.25) is 11.8 Å². The standard InChI is InChI=1S/C27H31N7O4/c1-3-38-21-12-8-18(9-13-21)22(35)15-17-5-4-14-34(16-17)27-31-26(23(24(28)36)32-33-27)30-20-10-6-19(7-11-20)25(29)37-2/h6-13,17,29H,3-5,14-16H2,1-2H3,(H2,28,36)(H,30,31,33)/t17-/m0/s1. The monoisotopic (exact) mass is 517 g/mol. The zero-order valence-corrected chi connectivity index (χ0v) is 21.4. The molecule has 0 bridgehead atoms. The Balaban J connectivity index is 1.47. The molecule has 1 aliphatic heterocycles. The fourth-order valence-corrected chi connectivity index (χ4v) is 4.36. The number of carbonyl (C=O) groups is 2. The lowest BCUT2D eigenvalue weighted by molar-refractivity contribution is 0.0954. The molecule has 3 aromatic rings. The maximum atomic E-state index is 12.9. The first-order valence-corrected chi connectivity index (χ1v) is 12.4. The quantitative estimate of drug-likeness (QED) is 0.208. The van der Waals surface area contributed by atoms with Crippen LogP contribution in [0, 0.1) is 11.3 Å². The van der Waals surface area contributed by atoms with Crippen molar-refractivity contribution in [1.82, 2.24) is 15.2 Å². The predicted octanol–water partition coefficient (Wildman–Crippen LogP) is 3.57. The Bertz CT molecular complexity index is 1300. The number of primary amides is 1. The second-order valence-electron chi connectivity index (χ2n) is 8.95. The molecule has 2 heterocycles. The van der Waals surface area contributed by atoms with Crippen molar-refractivity contribution in [2.75, 3.05) is 37.0 Å². The number of aromatic nitrogens is 3. The number of benzene rings is 2. The maximum Gasteiger partial charge on any atom is 0.273 e. The zero-order chi connectivity index (χ0) is 27.1. The number of carbonyl (C=O) groups excluding carboxylic acids is 2. The molecular weight excluding hydrogens is 486 g/mol. The van der Waals surface area contributed by atoms with Crippen LogP contribution in [0.15, 0.2) is 48.5 Å². The molecule has 4 rings (SSSR count). The largest absolute Gasteiger partial charge is 0.494 e. The number of amides is 1. The molecule has 11 heteroatoms. The van der Waals surface area contributed by atoms with Gasteiger partial charge in [0.1, 0.15) is 5.75 Å². The van der Waals surface area contributed by atoms with Crippen molar-refractivity contribution in [1.29, 1.82) is 5.41 Å². The molecule has 0 radical (unpaired) electrons. The highest BCUT2D eigenvalue weighted by atomic mass is 16.5. The van der Waals surface area contributed by atoms with Gasteiger partial charge in [0.15, 0.2) is 17.3 Å². The van der Waals surface area contributed by atoms with Crippen molar-refractivity contribution in [2.45, 2.75) is 26.2 Å². The molecule has 11 nitrogen and oxygen atoms in total. The molecule has 2 aromatic carbocycles. The fraction of sp³-hybridized carbons (Fsp3) is 0.333. The molecule has 1 fully saturated rings. The van der Waals surface area contributed by atoms with Gasteiger partial charge < -0.3 is 25.4 Å². The average molecular weight is 518 g/mol. The Morgan fingerprint density at radius 2 is 1.82 bits per heavy atom. The summed E-state index contributed by atoms with van der Waals surface area (Å²) in [6.07, 6.45) is 2.20. The normalized spacial score (nSPS) is 15.0. The van der Waals surface area contributed by atoms with Crippen molar-refractivity contribution < 1.29 is 19.1 Å². The number of Topliss-reactive ketones (excluding diaryl/α,β-unsaturated/α-hetero) is 1. The molecule has 0 saturated carbocycles. The minimum absolute atomic E-state index is 0.0426. The Morgan fingerprint density at radius 3 is 2.47 bits per heavy atom. The zero-order valence-electron chi connectivity index (χ0n) is 21.4. The van der Waals surface area contributed by atoms with Gasteiger partial charge in [-0.15, -0.1) is 10.2 Å². The minimum Gasteiger partial charge on any atom is -0.494 e. The number of nitrogens with zero attached hydrogens (tertiary/aromatic N) is 4. The van der Waals surface area contributed by atoms with E-state index in [-0.39, 0.29) is 29.1 Å². The average Bonchev–Trinajstić information content (AvgIpc) is 2.93. The summed E-state index contributed by atoms with van der Waals surface area (Å²) in [5.74, 6) is 0.776. The van der Waals surface area contributed by atoms with E-state index in [9.17, 15) is 9.59 Å². The first-order valence-electron chi connectivity index (χ1n) is 12.4. The van der Waals surface area contributed by atoms with Crippen molar-refractivity contribution in [3.63, 3.8) is 0 Å². The van der Waals surface area contributed by atoms with Gasteiger partial charge in [-0.2, -0.15) is 4.98 Å². The molecule has 1 atom stereocenters. The molecule has 1 saturated heterocycles. The van der Waals surface area contributed by atoms with Crippen LogP contribution in [0.3, 0.4) is 0 Å². The molecular formula is C27H31N7O4. The van der Waals surface area contributed by atoms with Crippen LogP contribution in [0.1, 0.15) is 52.6 Å². The lowest BCUT2D eigenvalue weighted by Crippen LogP contribution is -2.38. The Kier molecular flexibility index (Phi) is 8.47. The van der Waals surface area contributed by atoms with E-state index in [0.717, 1.165) is 18.6 Å². The summed E-state index contributed by atoms with van der Waals surface area (Å²) >= 11 is 0. The van der Waals surface area contributed by atoms with Crippen LogP contribution in [0.4, 0.5) is 17.5 Å². The highest BCUT2D eigenvalue weighted by molar-refractivity contribution is 5.97. The number of nitrogens with one attached hydrogen (secondary N) is 2. The molecule has 4 N–H and O–H groups in total. The van der Waals surface area contributed by atoms with Crippen LogP contribution in [-0.4, -0.2) is 59.6 Å². The minimum atomic E-state index is -0.755. The summed E-state index contributed by atoms with van der Waals surface area (Å²) in [5.41, 5.74) is 7.32. The Morgan fingerprint density at radius 1 is 1.11 bits per heavy atom. The molecule has 0 spiro atoms. The number of hydrogen-bond donors (Lipinski definition) is 3. The van der Waals surface area contributed by atoms with E-state index in [1.807, 2.05) is 24.0 Å². The van der Waals surface area contributed by atoms with Crippen molar-refractivity contribution in [3.8, 4) is 5.75 Å². The van der Waals surface area contributed by atoms with Crippen LogP contribution < -0.4 is 20.7 Å². The van der Waals surface area contributed by atoms with Crippen molar-refractivity contribution in [3.05, 3.63) is 65.4 Å². The lowest BCUT2D eigenvalue weighted by Gasteiger charge is -2.32. The Hall–Kier alpha value is -4.54. The summed E-state index contributed by atoms with van der Waals surface area (Å²) < 4.78 is 10.4. The summed E-state index contributed by atoms with van der Waals surface area (Å²) in [6.45, 7) is 3.79. The third kappa shape index (κ3) is 6.41. The molecule has 198 valence electrons. The number of ether oxygens (including phenoxy) is 2. The molecule has 0 aliphatic carbocycles. The third-order valence-corrected chi connectivity index (χ3v) is 6.29. The highest BCUT2D eigenvalue weighted by Gasteiger charge is 2.26. The van der Waals surface area contributed by atoms with Crippen LogP contribution in [-0.2, 0) is 4.74 Å². The van der Waals surface area contributed by atoms with E-state index in [2.05, 4.69) is 20.5 Å². The molecule has 1 amide bonds. The second-order valence-corrected chi connectivity index (χ2v) is 8.95. The van der Waals surface area contributed by atoms with Gasteiger partial charge in [0, 0.05) is 36.3 Å². The SMILES string of the molecule is CCOc1ccc(C(=O)C[C@@H]2CCCN(c3nnc(C(N)=O)c(Nc4ccc(C(=N)OC)cc4)n3)C2)cc1. The number of ketones is 1. The van der Waals surface area contributed by atoms with Crippen LogP contribution in [0.5, 0.6) is 5.75 Å². The number of nitrogens with two attached hydrogens (primary N) is 1.